The second-order valence-electron chi connectivity index (χ2n) is 11.5. The number of carbonyl (C=O) groups is 1. The summed E-state index contributed by atoms with van der Waals surface area (Å²) < 4.78 is 12.1. The Labute approximate surface area is 280 Å². The number of benzene rings is 6. The molecule has 1 heterocycles. The lowest BCUT2D eigenvalue weighted by molar-refractivity contribution is -0.120. The van der Waals surface area contributed by atoms with E-state index in [2.05, 4.69) is 0 Å². The van der Waals surface area contributed by atoms with Gasteiger partial charge in [-0.25, -0.2) is 0 Å². The Morgan fingerprint density at radius 2 is 1.00 bits per heavy atom. The fraction of sp³-hybridized carbons (Fsp3) is 0.119. The third-order valence-corrected chi connectivity index (χ3v) is 8.78. The summed E-state index contributed by atoms with van der Waals surface area (Å²) in [5.41, 5.74) is 6.21. The number of ether oxygens (including phenoxy) is 2. The van der Waals surface area contributed by atoms with Crippen LogP contribution in [0.4, 0.5) is 11.4 Å². The topological polar surface area (TPSA) is 79.2 Å². The van der Waals surface area contributed by atoms with Crippen LogP contribution in [0.5, 0.6) is 11.5 Å². The van der Waals surface area contributed by atoms with Crippen LogP contribution < -0.4 is 14.4 Å². The van der Waals surface area contributed by atoms with Crippen molar-refractivity contribution in [3.05, 3.63) is 168 Å². The summed E-state index contributed by atoms with van der Waals surface area (Å²) in [6.45, 7) is 0.0444. The monoisotopic (exact) mass is 633 g/mol. The van der Waals surface area contributed by atoms with Crippen LogP contribution in [0.25, 0.3) is 22.3 Å². The van der Waals surface area contributed by atoms with Gasteiger partial charge < -0.3 is 19.7 Å². The number of hydrogen-bond acceptors (Lipinski definition) is 5. The first-order valence-corrected chi connectivity index (χ1v) is 16.0. The van der Waals surface area contributed by atoms with Gasteiger partial charge in [-0.1, -0.05) is 109 Å². The zero-order valence-corrected chi connectivity index (χ0v) is 26.3. The standard InChI is InChI=1S/C42H35NO5/c44-24-26-47-39-22-20-32(28-35(39)30-12-4-1-5-13-30)42(33-21-23-40(48-27-25-45)36(29-33)31-14-6-2-7-15-31)37-18-10-11-19-38(37)43(41(42)46)34-16-8-3-9-17-34/h1-23,28-29,44-45H,24-27H2. The number of hydrogen-bond donors (Lipinski definition) is 2. The van der Waals surface area contributed by atoms with E-state index < -0.39 is 5.41 Å². The number of fused-ring (bicyclic) bond motifs is 1. The molecule has 0 radical (unpaired) electrons. The largest absolute Gasteiger partial charge is 0.491 e. The molecule has 6 aromatic rings. The SMILES string of the molecule is O=C1N(c2ccccc2)c2ccccc2C1(c1ccc(OCCO)c(-c2ccccc2)c1)c1ccc(OCCO)c(-c2ccccc2)c1. The van der Waals surface area contributed by atoms with Crippen molar-refractivity contribution in [2.24, 2.45) is 0 Å². The molecular formula is C42H35NO5. The minimum atomic E-state index is -1.26. The molecule has 2 N–H and O–H groups in total. The van der Waals surface area contributed by atoms with Gasteiger partial charge in [0.2, 0.25) is 0 Å². The van der Waals surface area contributed by atoms with Crippen LogP contribution in [0.2, 0.25) is 0 Å². The minimum Gasteiger partial charge on any atom is -0.491 e. The van der Waals surface area contributed by atoms with Gasteiger partial charge in [0.05, 0.1) is 18.9 Å². The van der Waals surface area contributed by atoms with E-state index in [1.807, 2.05) is 157 Å². The molecule has 1 amide bonds. The van der Waals surface area contributed by atoms with Crippen molar-refractivity contribution in [3.63, 3.8) is 0 Å². The Bertz CT molecular complexity index is 1930. The average Bonchev–Trinajstić information content (AvgIpc) is 3.42. The van der Waals surface area contributed by atoms with Crippen molar-refractivity contribution < 1.29 is 24.5 Å². The van der Waals surface area contributed by atoms with E-state index >= 15 is 4.79 Å². The van der Waals surface area contributed by atoms with E-state index in [9.17, 15) is 10.2 Å². The molecule has 0 bridgehead atoms. The Hall–Kier alpha value is -5.69. The molecular weight excluding hydrogens is 598 g/mol. The molecule has 6 aromatic carbocycles. The third-order valence-electron chi connectivity index (χ3n) is 8.78. The maximum atomic E-state index is 15.5. The highest BCUT2D eigenvalue weighted by Crippen LogP contribution is 2.54. The Morgan fingerprint density at radius 1 is 0.542 bits per heavy atom. The summed E-state index contributed by atoms with van der Waals surface area (Å²) in [6, 6.07) is 49.3. The van der Waals surface area contributed by atoms with E-state index in [4.69, 9.17) is 9.47 Å². The van der Waals surface area contributed by atoms with Gasteiger partial charge in [0, 0.05) is 22.4 Å². The summed E-state index contributed by atoms with van der Waals surface area (Å²) in [5.74, 6) is 1.12. The number of para-hydroxylation sites is 2. The third kappa shape index (κ3) is 5.41. The molecule has 0 unspecified atom stereocenters. The van der Waals surface area contributed by atoms with Crippen LogP contribution in [-0.2, 0) is 10.2 Å². The Balaban J connectivity index is 1.54. The van der Waals surface area contributed by atoms with Crippen molar-refractivity contribution in [2.75, 3.05) is 31.3 Å². The predicted molar refractivity (Wildman–Crippen MR) is 189 cm³/mol. The number of amides is 1. The summed E-state index contributed by atoms with van der Waals surface area (Å²) >= 11 is 0. The predicted octanol–water partition coefficient (Wildman–Crippen LogP) is 7.78. The van der Waals surface area contributed by atoms with Crippen molar-refractivity contribution in [1.29, 1.82) is 0 Å². The zero-order chi connectivity index (χ0) is 32.9. The molecule has 0 aliphatic carbocycles. The summed E-state index contributed by atoms with van der Waals surface area (Å²) in [7, 11) is 0. The quantitative estimate of drug-likeness (QED) is 0.152. The van der Waals surface area contributed by atoms with Gasteiger partial charge in [-0.3, -0.25) is 9.69 Å². The van der Waals surface area contributed by atoms with E-state index in [0.717, 1.165) is 50.3 Å². The van der Waals surface area contributed by atoms with Gasteiger partial charge in [0.25, 0.3) is 5.91 Å². The van der Waals surface area contributed by atoms with Gasteiger partial charge >= 0.3 is 0 Å². The minimum absolute atomic E-state index is 0.110. The first-order valence-electron chi connectivity index (χ1n) is 16.0. The van der Waals surface area contributed by atoms with Crippen molar-refractivity contribution in [1.82, 2.24) is 0 Å². The van der Waals surface area contributed by atoms with Gasteiger partial charge in [-0.2, -0.15) is 0 Å². The molecule has 0 fully saturated rings. The Morgan fingerprint density at radius 3 is 1.50 bits per heavy atom. The summed E-state index contributed by atoms with van der Waals surface area (Å²) in [4.78, 5) is 17.3. The van der Waals surface area contributed by atoms with Crippen LogP contribution in [0, 0.1) is 0 Å². The lowest BCUT2D eigenvalue weighted by Crippen LogP contribution is -2.40. The fourth-order valence-electron chi connectivity index (χ4n) is 6.71. The highest BCUT2D eigenvalue weighted by Gasteiger charge is 2.54. The fourth-order valence-corrected chi connectivity index (χ4v) is 6.71. The number of aliphatic hydroxyl groups excluding tert-OH is 2. The second kappa shape index (κ2) is 13.6. The van der Waals surface area contributed by atoms with E-state index in [0.29, 0.717) is 11.5 Å². The van der Waals surface area contributed by atoms with Crippen molar-refractivity contribution in [2.45, 2.75) is 5.41 Å². The molecule has 1 aliphatic heterocycles. The van der Waals surface area contributed by atoms with Crippen LogP contribution in [-0.4, -0.2) is 42.5 Å². The zero-order valence-electron chi connectivity index (χ0n) is 26.3. The molecule has 7 rings (SSSR count). The van der Waals surface area contributed by atoms with Gasteiger partial charge in [0.1, 0.15) is 30.1 Å². The van der Waals surface area contributed by atoms with Crippen molar-refractivity contribution in [3.8, 4) is 33.8 Å². The number of nitrogens with zero attached hydrogens (tertiary/aromatic N) is 1. The van der Waals surface area contributed by atoms with E-state index in [-0.39, 0.29) is 32.3 Å². The van der Waals surface area contributed by atoms with Crippen LogP contribution in [0.15, 0.2) is 152 Å². The average molecular weight is 634 g/mol. The molecule has 6 nitrogen and oxygen atoms in total. The molecule has 48 heavy (non-hydrogen) atoms. The van der Waals surface area contributed by atoms with Crippen LogP contribution in [0.1, 0.15) is 16.7 Å². The number of rotatable bonds is 11. The summed E-state index contributed by atoms with van der Waals surface area (Å²) in [5, 5.41) is 19.2. The second-order valence-corrected chi connectivity index (χ2v) is 11.5. The molecule has 1 aliphatic rings. The van der Waals surface area contributed by atoms with Gasteiger partial charge in [-0.15, -0.1) is 0 Å². The molecule has 0 spiro atoms. The maximum Gasteiger partial charge on any atom is 0.251 e. The lowest BCUT2D eigenvalue weighted by Gasteiger charge is -2.32. The van der Waals surface area contributed by atoms with Crippen LogP contribution >= 0.6 is 0 Å². The smallest absolute Gasteiger partial charge is 0.251 e. The van der Waals surface area contributed by atoms with E-state index in [1.165, 1.54) is 0 Å². The number of aliphatic hydroxyl groups is 2. The first kappa shape index (κ1) is 30.9. The van der Waals surface area contributed by atoms with E-state index in [1.54, 1.807) is 0 Å². The highest BCUT2D eigenvalue weighted by molar-refractivity contribution is 6.17. The molecule has 238 valence electrons. The Kier molecular flexibility index (Phi) is 8.75. The van der Waals surface area contributed by atoms with Crippen LogP contribution in [0.3, 0.4) is 0 Å². The van der Waals surface area contributed by atoms with Gasteiger partial charge in [0.15, 0.2) is 0 Å². The molecule has 0 aromatic heterocycles. The normalized spacial score (nSPS) is 13.3. The first-order chi connectivity index (χ1) is 23.7. The summed E-state index contributed by atoms with van der Waals surface area (Å²) in [6.07, 6.45) is 0. The number of carbonyl (C=O) groups excluding carboxylic acids is 1. The molecule has 0 saturated carbocycles. The molecule has 6 heteroatoms. The maximum absolute atomic E-state index is 15.5. The highest BCUT2D eigenvalue weighted by atomic mass is 16.5. The molecule has 0 saturated heterocycles. The number of anilines is 2. The lowest BCUT2D eigenvalue weighted by atomic mass is 9.69. The van der Waals surface area contributed by atoms with Crippen molar-refractivity contribution >= 4 is 17.3 Å². The molecule has 0 atom stereocenters. The van der Waals surface area contributed by atoms with Gasteiger partial charge in [-0.05, 0) is 64.7 Å².